The molecule has 0 aliphatic rings. The van der Waals surface area contributed by atoms with E-state index in [1.54, 1.807) is 6.92 Å². The molecule has 0 fully saturated rings. The monoisotopic (exact) mass is 316 g/mol. The van der Waals surface area contributed by atoms with E-state index in [1.807, 2.05) is 0 Å². The van der Waals surface area contributed by atoms with Crippen molar-refractivity contribution in [3.8, 4) is 0 Å². The first-order valence-electron chi connectivity index (χ1n) is 5.32. The number of carbonyl (C=O) groups is 1. The standard InChI is InChI=1S/C11H13BrN2O4/c1-7(15)4-5-13-11(16)9-6-8(14(17)18)2-3-10(9)12/h2-3,6-7,15H,4-5H2,1H3,(H,13,16). The van der Waals surface area contributed by atoms with E-state index in [-0.39, 0.29) is 11.3 Å². The van der Waals surface area contributed by atoms with E-state index < -0.39 is 16.9 Å². The van der Waals surface area contributed by atoms with Gasteiger partial charge in [0.15, 0.2) is 0 Å². The van der Waals surface area contributed by atoms with Crippen molar-refractivity contribution in [3.63, 3.8) is 0 Å². The Bertz CT molecular complexity index is 462. The zero-order valence-electron chi connectivity index (χ0n) is 9.72. The van der Waals surface area contributed by atoms with Crippen LogP contribution in [0.4, 0.5) is 5.69 Å². The Morgan fingerprint density at radius 3 is 2.83 bits per heavy atom. The number of halogens is 1. The molecular weight excluding hydrogens is 304 g/mol. The molecule has 0 saturated carbocycles. The van der Waals surface area contributed by atoms with E-state index in [4.69, 9.17) is 5.11 Å². The van der Waals surface area contributed by atoms with Crippen LogP contribution >= 0.6 is 15.9 Å². The van der Waals surface area contributed by atoms with Gasteiger partial charge in [0.1, 0.15) is 0 Å². The molecule has 0 aliphatic heterocycles. The van der Waals surface area contributed by atoms with Gasteiger partial charge in [0.25, 0.3) is 11.6 Å². The Labute approximate surface area is 112 Å². The van der Waals surface area contributed by atoms with Crippen LogP contribution in [0.1, 0.15) is 23.7 Å². The fraction of sp³-hybridized carbons (Fsp3) is 0.364. The second-order valence-electron chi connectivity index (χ2n) is 3.81. The van der Waals surface area contributed by atoms with E-state index in [1.165, 1.54) is 18.2 Å². The van der Waals surface area contributed by atoms with Gasteiger partial charge in [0.05, 0.1) is 16.6 Å². The first-order chi connectivity index (χ1) is 8.41. The third-order valence-electron chi connectivity index (χ3n) is 2.25. The number of nitro benzene ring substituents is 1. The Morgan fingerprint density at radius 1 is 1.61 bits per heavy atom. The highest BCUT2D eigenvalue weighted by molar-refractivity contribution is 9.10. The number of carbonyl (C=O) groups excluding carboxylic acids is 1. The number of non-ortho nitro benzene ring substituents is 1. The smallest absolute Gasteiger partial charge is 0.270 e. The second kappa shape index (κ2) is 6.46. The van der Waals surface area contributed by atoms with Gasteiger partial charge >= 0.3 is 0 Å². The predicted octanol–water partition coefficient (Wildman–Crippen LogP) is 1.86. The number of aliphatic hydroxyl groups excluding tert-OH is 1. The van der Waals surface area contributed by atoms with Crippen molar-refractivity contribution in [2.24, 2.45) is 0 Å². The summed E-state index contributed by atoms with van der Waals surface area (Å²) in [6.07, 6.45) is -0.0722. The summed E-state index contributed by atoms with van der Waals surface area (Å²) >= 11 is 3.17. The molecule has 6 nitrogen and oxygen atoms in total. The summed E-state index contributed by atoms with van der Waals surface area (Å²) < 4.78 is 0.489. The molecule has 0 aromatic heterocycles. The van der Waals surface area contributed by atoms with Gasteiger partial charge in [-0.3, -0.25) is 14.9 Å². The maximum atomic E-state index is 11.8. The Balaban J connectivity index is 2.78. The van der Waals surface area contributed by atoms with Crippen LogP contribution in [-0.4, -0.2) is 28.6 Å². The van der Waals surface area contributed by atoms with E-state index in [9.17, 15) is 14.9 Å². The lowest BCUT2D eigenvalue weighted by molar-refractivity contribution is -0.384. The number of amides is 1. The molecule has 0 radical (unpaired) electrons. The molecule has 0 aliphatic carbocycles. The topological polar surface area (TPSA) is 92.5 Å². The number of nitro groups is 1. The van der Waals surface area contributed by atoms with Crippen LogP contribution in [0.5, 0.6) is 0 Å². The molecule has 0 saturated heterocycles. The maximum Gasteiger partial charge on any atom is 0.270 e. The average molecular weight is 317 g/mol. The molecule has 1 rings (SSSR count). The van der Waals surface area contributed by atoms with Crippen molar-refractivity contribution in [2.75, 3.05) is 6.54 Å². The number of benzene rings is 1. The second-order valence-corrected chi connectivity index (χ2v) is 4.67. The number of hydrogen-bond donors (Lipinski definition) is 2. The minimum atomic E-state index is -0.557. The lowest BCUT2D eigenvalue weighted by Crippen LogP contribution is -2.26. The van der Waals surface area contributed by atoms with Crippen LogP contribution in [-0.2, 0) is 0 Å². The van der Waals surface area contributed by atoms with Crippen molar-refractivity contribution < 1.29 is 14.8 Å². The fourth-order valence-electron chi connectivity index (χ4n) is 1.29. The van der Waals surface area contributed by atoms with Gasteiger partial charge in [-0.1, -0.05) is 0 Å². The minimum absolute atomic E-state index is 0.140. The van der Waals surface area contributed by atoms with Crippen LogP contribution < -0.4 is 5.32 Å². The number of nitrogens with one attached hydrogen (secondary N) is 1. The van der Waals surface area contributed by atoms with Gasteiger partial charge < -0.3 is 10.4 Å². The fourth-order valence-corrected chi connectivity index (χ4v) is 1.72. The predicted molar refractivity (Wildman–Crippen MR) is 69.4 cm³/mol. The van der Waals surface area contributed by atoms with Crippen molar-refractivity contribution >= 4 is 27.5 Å². The number of aliphatic hydroxyl groups is 1. The maximum absolute atomic E-state index is 11.8. The third kappa shape index (κ3) is 4.08. The zero-order chi connectivity index (χ0) is 13.7. The average Bonchev–Trinajstić information content (AvgIpc) is 2.28. The molecule has 1 aromatic rings. The zero-order valence-corrected chi connectivity index (χ0v) is 11.3. The number of nitrogens with zero attached hydrogens (tertiary/aromatic N) is 1. The largest absolute Gasteiger partial charge is 0.393 e. The van der Waals surface area contributed by atoms with Crippen LogP contribution in [0.25, 0.3) is 0 Å². The van der Waals surface area contributed by atoms with Gasteiger partial charge in [-0.2, -0.15) is 0 Å². The molecule has 0 spiro atoms. The van der Waals surface area contributed by atoms with Gasteiger partial charge in [0, 0.05) is 23.2 Å². The van der Waals surface area contributed by atoms with Crippen LogP contribution in [0, 0.1) is 10.1 Å². The van der Waals surface area contributed by atoms with Gasteiger partial charge in [0.2, 0.25) is 0 Å². The Kier molecular flexibility index (Phi) is 5.24. The van der Waals surface area contributed by atoms with Crippen LogP contribution in [0.3, 0.4) is 0 Å². The summed E-state index contributed by atoms with van der Waals surface area (Å²) in [6.45, 7) is 1.93. The van der Waals surface area contributed by atoms with E-state index in [0.29, 0.717) is 17.4 Å². The molecule has 1 unspecified atom stereocenters. The lowest BCUT2D eigenvalue weighted by atomic mass is 10.2. The molecule has 98 valence electrons. The van der Waals surface area contributed by atoms with Crippen molar-refractivity contribution in [3.05, 3.63) is 38.3 Å². The lowest BCUT2D eigenvalue weighted by Gasteiger charge is -2.08. The highest BCUT2D eigenvalue weighted by Crippen LogP contribution is 2.22. The van der Waals surface area contributed by atoms with E-state index >= 15 is 0 Å². The first kappa shape index (κ1) is 14.6. The summed E-state index contributed by atoms with van der Waals surface area (Å²) in [5, 5.41) is 22.3. The Hall–Kier alpha value is -1.47. The van der Waals surface area contributed by atoms with Crippen molar-refractivity contribution in [1.29, 1.82) is 0 Å². The Morgan fingerprint density at radius 2 is 2.28 bits per heavy atom. The summed E-state index contributed by atoms with van der Waals surface area (Å²) in [7, 11) is 0. The van der Waals surface area contributed by atoms with Crippen LogP contribution in [0.2, 0.25) is 0 Å². The molecule has 18 heavy (non-hydrogen) atoms. The summed E-state index contributed by atoms with van der Waals surface area (Å²) in [5.74, 6) is -0.411. The summed E-state index contributed by atoms with van der Waals surface area (Å²) in [5.41, 5.74) is 0.0636. The van der Waals surface area contributed by atoms with E-state index in [2.05, 4.69) is 21.2 Å². The quantitative estimate of drug-likeness (QED) is 0.640. The molecule has 1 amide bonds. The van der Waals surface area contributed by atoms with Gasteiger partial charge in [-0.25, -0.2) is 0 Å². The normalized spacial score (nSPS) is 11.9. The van der Waals surface area contributed by atoms with Crippen molar-refractivity contribution in [2.45, 2.75) is 19.4 Å². The van der Waals surface area contributed by atoms with Gasteiger partial charge in [-0.05, 0) is 35.3 Å². The molecule has 0 bridgehead atoms. The minimum Gasteiger partial charge on any atom is -0.393 e. The first-order valence-corrected chi connectivity index (χ1v) is 6.11. The molecule has 2 N–H and O–H groups in total. The third-order valence-corrected chi connectivity index (χ3v) is 2.94. The SMILES string of the molecule is CC(O)CCNC(=O)c1cc([N+](=O)[O-])ccc1Br. The molecule has 0 heterocycles. The highest BCUT2D eigenvalue weighted by Gasteiger charge is 2.15. The molecule has 1 aromatic carbocycles. The number of rotatable bonds is 5. The van der Waals surface area contributed by atoms with Gasteiger partial charge in [-0.15, -0.1) is 0 Å². The number of hydrogen-bond acceptors (Lipinski definition) is 4. The van der Waals surface area contributed by atoms with Crippen LogP contribution in [0.15, 0.2) is 22.7 Å². The highest BCUT2D eigenvalue weighted by atomic mass is 79.9. The summed E-state index contributed by atoms with van der Waals surface area (Å²) in [4.78, 5) is 21.8. The molecule has 1 atom stereocenters. The summed E-state index contributed by atoms with van der Waals surface area (Å²) in [6, 6.07) is 3.99. The molecule has 7 heteroatoms. The van der Waals surface area contributed by atoms with E-state index in [0.717, 1.165) is 0 Å². The molecular formula is C11H13BrN2O4. The van der Waals surface area contributed by atoms with Crippen molar-refractivity contribution in [1.82, 2.24) is 5.32 Å².